The van der Waals surface area contributed by atoms with Crippen LogP contribution in [0.2, 0.25) is 0 Å². The minimum Gasteiger partial charge on any atom is -0.332 e. The highest BCUT2D eigenvalue weighted by Crippen LogP contribution is 2.48. The van der Waals surface area contributed by atoms with Gasteiger partial charge in [-0.3, -0.25) is 5.41 Å². The van der Waals surface area contributed by atoms with Gasteiger partial charge in [-0.25, -0.2) is 0 Å². The zero-order valence-electron chi connectivity index (χ0n) is 10.5. The number of nitrogens with one attached hydrogen (secondary N) is 1. The van der Waals surface area contributed by atoms with E-state index >= 15 is 0 Å². The Morgan fingerprint density at radius 2 is 1.71 bits per heavy atom. The molecule has 1 aromatic carbocycles. The Morgan fingerprint density at radius 3 is 2.41 bits per heavy atom. The van der Waals surface area contributed by atoms with Crippen molar-refractivity contribution in [3.05, 3.63) is 29.8 Å². The summed E-state index contributed by atoms with van der Waals surface area (Å²) >= 11 is 0. The van der Waals surface area contributed by atoms with Crippen molar-refractivity contribution >= 4 is 11.5 Å². The number of rotatable bonds is 0. The molecule has 1 aromatic rings. The van der Waals surface area contributed by atoms with Crippen molar-refractivity contribution in [1.29, 1.82) is 5.41 Å². The Morgan fingerprint density at radius 1 is 1.06 bits per heavy atom. The standard InChI is InChI=1S/C15H20N2/c1-17-13-9-5-4-8-12(13)15(14(17)16)10-6-2-3-7-11-15/h4-5,8-9,16H,2-3,6-7,10-11H2,1H3. The molecule has 0 radical (unpaired) electrons. The van der Waals surface area contributed by atoms with Crippen molar-refractivity contribution in [2.75, 3.05) is 11.9 Å². The van der Waals surface area contributed by atoms with Gasteiger partial charge in [0.25, 0.3) is 0 Å². The largest absolute Gasteiger partial charge is 0.332 e. The number of hydrogen-bond acceptors (Lipinski definition) is 1. The monoisotopic (exact) mass is 228 g/mol. The number of anilines is 1. The fourth-order valence-electron chi connectivity index (χ4n) is 3.58. The van der Waals surface area contributed by atoms with Crippen LogP contribution in [0.4, 0.5) is 5.69 Å². The third-order valence-electron chi connectivity index (χ3n) is 4.53. The Balaban J connectivity index is 2.12. The number of benzene rings is 1. The average Bonchev–Trinajstić information content (AvgIpc) is 2.57. The molecule has 2 heteroatoms. The minimum atomic E-state index is 0.0296. The summed E-state index contributed by atoms with van der Waals surface area (Å²) in [5.74, 6) is 0.820. The quantitative estimate of drug-likeness (QED) is 0.720. The molecule has 0 atom stereocenters. The van der Waals surface area contributed by atoms with Gasteiger partial charge in [0.15, 0.2) is 0 Å². The van der Waals surface area contributed by atoms with Gasteiger partial charge in [0, 0.05) is 12.7 Å². The van der Waals surface area contributed by atoms with Crippen molar-refractivity contribution in [2.45, 2.75) is 43.9 Å². The summed E-state index contributed by atoms with van der Waals surface area (Å²) in [6, 6.07) is 8.60. The van der Waals surface area contributed by atoms with Crippen LogP contribution in [0.15, 0.2) is 24.3 Å². The molecule has 0 saturated heterocycles. The Kier molecular flexibility index (Phi) is 2.46. The van der Waals surface area contributed by atoms with Gasteiger partial charge >= 0.3 is 0 Å². The summed E-state index contributed by atoms with van der Waals surface area (Å²) in [7, 11) is 2.04. The van der Waals surface area contributed by atoms with Crippen LogP contribution in [0.5, 0.6) is 0 Å². The van der Waals surface area contributed by atoms with Crippen molar-refractivity contribution in [2.24, 2.45) is 0 Å². The predicted molar refractivity (Wildman–Crippen MR) is 72.0 cm³/mol. The first-order valence-corrected chi connectivity index (χ1v) is 6.68. The molecule has 0 unspecified atom stereocenters. The third kappa shape index (κ3) is 1.43. The lowest BCUT2D eigenvalue weighted by Crippen LogP contribution is -2.37. The van der Waals surface area contributed by atoms with Crippen LogP contribution in [0.25, 0.3) is 0 Å². The molecule has 2 nitrogen and oxygen atoms in total. The van der Waals surface area contributed by atoms with Gasteiger partial charge in [-0.2, -0.15) is 0 Å². The maximum Gasteiger partial charge on any atom is 0.111 e. The van der Waals surface area contributed by atoms with E-state index in [1.54, 1.807) is 0 Å². The highest BCUT2D eigenvalue weighted by atomic mass is 15.2. The Bertz CT molecular complexity index is 442. The van der Waals surface area contributed by atoms with Crippen LogP contribution >= 0.6 is 0 Å². The van der Waals surface area contributed by atoms with Crippen LogP contribution < -0.4 is 4.90 Å². The molecule has 1 aliphatic heterocycles. The number of nitrogens with zero attached hydrogens (tertiary/aromatic N) is 1. The van der Waals surface area contributed by atoms with E-state index in [0.717, 1.165) is 18.7 Å². The van der Waals surface area contributed by atoms with Crippen LogP contribution in [0.1, 0.15) is 44.1 Å². The van der Waals surface area contributed by atoms with E-state index in [1.165, 1.54) is 36.9 Å². The van der Waals surface area contributed by atoms with Crippen LogP contribution in [0.3, 0.4) is 0 Å². The zero-order chi connectivity index (χ0) is 11.9. The van der Waals surface area contributed by atoms with E-state index in [-0.39, 0.29) is 5.41 Å². The summed E-state index contributed by atoms with van der Waals surface area (Å²) in [6.07, 6.45) is 7.53. The van der Waals surface area contributed by atoms with Gasteiger partial charge < -0.3 is 4.90 Å². The van der Waals surface area contributed by atoms with Crippen molar-refractivity contribution in [3.8, 4) is 0 Å². The fraction of sp³-hybridized carbons (Fsp3) is 0.533. The Hall–Kier alpha value is -1.31. The van der Waals surface area contributed by atoms with E-state index in [9.17, 15) is 0 Å². The first-order valence-electron chi connectivity index (χ1n) is 6.68. The van der Waals surface area contributed by atoms with E-state index in [1.807, 2.05) is 7.05 Å². The number of amidine groups is 1. The van der Waals surface area contributed by atoms with Crippen LogP contribution in [0, 0.1) is 5.41 Å². The molecule has 2 aliphatic rings. The number of likely N-dealkylation sites (N-methyl/N-ethyl adjacent to an activating group) is 1. The molecule has 1 spiro atoms. The molecule has 0 aromatic heterocycles. The molecule has 17 heavy (non-hydrogen) atoms. The highest BCUT2D eigenvalue weighted by molar-refractivity contribution is 6.09. The van der Waals surface area contributed by atoms with Gasteiger partial charge in [-0.15, -0.1) is 0 Å². The van der Waals surface area contributed by atoms with Gasteiger partial charge in [-0.1, -0.05) is 43.9 Å². The lowest BCUT2D eigenvalue weighted by molar-refractivity contribution is 0.501. The first kappa shape index (κ1) is 10.8. The maximum absolute atomic E-state index is 8.51. The Labute approximate surface area is 103 Å². The summed E-state index contributed by atoms with van der Waals surface area (Å²) in [6.45, 7) is 0. The summed E-state index contributed by atoms with van der Waals surface area (Å²) in [5, 5.41) is 8.51. The van der Waals surface area contributed by atoms with Crippen LogP contribution in [-0.4, -0.2) is 12.9 Å². The molecular formula is C15H20N2. The van der Waals surface area contributed by atoms with Crippen molar-refractivity contribution in [3.63, 3.8) is 0 Å². The van der Waals surface area contributed by atoms with Crippen molar-refractivity contribution < 1.29 is 0 Å². The lowest BCUT2D eigenvalue weighted by Gasteiger charge is -2.29. The minimum absolute atomic E-state index is 0.0296. The lowest BCUT2D eigenvalue weighted by atomic mass is 9.75. The van der Waals surface area contributed by atoms with Gasteiger partial charge in [-0.05, 0) is 24.5 Å². The van der Waals surface area contributed by atoms with Gasteiger partial charge in [0.1, 0.15) is 5.84 Å². The molecule has 90 valence electrons. The van der Waals surface area contributed by atoms with Gasteiger partial charge in [0.05, 0.1) is 5.41 Å². The second-order valence-electron chi connectivity index (χ2n) is 5.42. The van der Waals surface area contributed by atoms with E-state index in [4.69, 9.17) is 5.41 Å². The molecule has 1 aliphatic carbocycles. The summed E-state index contributed by atoms with van der Waals surface area (Å²) in [5.41, 5.74) is 2.68. The van der Waals surface area contributed by atoms with E-state index in [0.29, 0.717) is 0 Å². The van der Waals surface area contributed by atoms with E-state index < -0.39 is 0 Å². The van der Waals surface area contributed by atoms with E-state index in [2.05, 4.69) is 29.2 Å². The average molecular weight is 228 g/mol. The van der Waals surface area contributed by atoms with Gasteiger partial charge in [0.2, 0.25) is 0 Å². The summed E-state index contributed by atoms with van der Waals surface area (Å²) < 4.78 is 0. The molecule has 1 fully saturated rings. The molecule has 1 saturated carbocycles. The molecule has 1 N–H and O–H groups in total. The smallest absolute Gasteiger partial charge is 0.111 e. The highest BCUT2D eigenvalue weighted by Gasteiger charge is 2.46. The third-order valence-corrected chi connectivity index (χ3v) is 4.53. The number of para-hydroxylation sites is 1. The fourth-order valence-corrected chi connectivity index (χ4v) is 3.58. The first-order chi connectivity index (χ1) is 8.26. The summed E-state index contributed by atoms with van der Waals surface area (Å²) in [4.78, 5) is 2.08. The second kappa shape index (κ2) is 3.86. The van der Waals surface area contributed by atoms with Crippen LogP contribution in [-0.2, 0) is 5.41 Å². The topological polar surface area (TPSA) is 27.1 Å². The second-order valence-corrected chi connectivity index (χ2v) is 5.42. The molecular weight excluding hydrogens is 208 g/mol. The molecule has 1 heterocycles. The normalized spacial score (nSPS) is 22.6. The number of fused-ring (bicyclic) bond motifs is 2. The maximum atomic E-state index is 8.51. The molecule has 0 amide bonds. The number of hydrogen-bond donors (Lipinski definition) is 1. The molecule has 0 bridgehead atoms. The zero-order valence-corrected chi connectivity index (χ0v) is 10.5. The predicted octanol–water partition coefficient (Wildman–Crippen LogP) is 3.71. The molecule has 3 rings (SSSR count). The van der Waals surface area contributed by atoms with Crippen molar-refractivity contribution in [1.82, 2.24) is 0 Å². The SMILES string of the molecule is CN1C(=N)C2(CCCCCC2)c2ccccc21.